The van der Waals surface area contributed by atoms with Crippen molar-refractivity contribution < 1.29 is 52.7 Å². The number of nitrogens with one attached hydrogen (secondary N) is 3. The summed E-state index contributed by atoms with van der Waals surface area (Å²) >= 11 is 0. The van der Waals surface area contributed by atoms with Crippen LogP contribution in [0.15, 0.2) is 50.8 Å². The van der Waals surface area contributed by atoms with E-state index < -0.39 is 118 Å². The van der Waals surface area contributed by atoms with Crippen molar-refractivity contribution in [2.45, 2.75) is 38.6 Å². The van der Waals surface area contributed by atoms with Crippen LogP contribution in [0.4, 0.5) is 52.7 Å². The van der Waals surface area contributed by atoms with E-state index in [0.717, 1.165) is 0 Å². The molecule has 0 spiro atoms. The van der Waals surface area contributed by atoms with E-state index in [1.807, 2.05) is 0 Å². The number of aromatic nitrogens is 3. The summed E-state index contributed by atoms with van der Waals surface area (Å²) in [7, 11) is 0. The van der Waals surface area contributed by atoms with Crippen LogP contribution in [-0.4, -0.2) is 15.0 Å². The van der Waals surface area contributed by atoms with Crippen molar-refractivity contribution in [2.75, 3.05) is 0 Å². The maximum Gasteiger partial charge on any atom is 0.417 e. The molecule has 18 heteroatoms. The smallest absolute Gasteiger partial charge is 0.354 e. The molecule has 264 valence electrons. The van der Waals surface area contributed by atoms with Crippen molar-refractivity contribution in [3.63, 3.8) is 0 Å². The van der Waals surface area contributed by atoms with Crippen molar-refractivity contribution in [1.29, 1.82) is 0 Å². The predicted octanol–water partition coefficient (Wildman–Crippen LogP) is 9.36. The first-order chi connectivity index (χ1) is 23.4. The van der Waals surface area contributed by atoms with Gasteiger partial charge in [-0.15, -0.1) is 0 Å². The number of hydrogen-bond donors (Lipinski definition) is 3. The molecule has 0 unspecified atom stereocenters. The first-order valence-electron chi connectivity index (χ1n) is 14.3. The van der Waals surface area contributed by atoms with Crippen molar-refractivity contribution in [3.05, 3.63) is 100 Å². The first kappa shape index (κ1) is 33.9. The number of fused-ring (bicyclic) bond motifs is 9. The Hall–Kier alpha value is -5.55. The van der Waals surface area contributed by atoms with E-state index >= 15 is 0 Å². The molecule has 51 heavy (non-hydrogen) atoms. The van der Waals surface area contributed by atoms with E-state index in [2.05, 4.69) is 15.0 Å². The molecule has 0 aliphatic carbocycles. The molecule has 4 aromatic carbocycles. The fraction of sp³-hybridized carbons (Fsp3) is 0.182. The Bertz CT molecular complexity index is 2890. The molecule has 0 aliphatic rings. The van der Waals surface area contributed by atoms with Crippen molar-refractivity contribution in [3.8, 4) is 0 Å². The van der Waals surface area contributed by atoms with Gasteiger partial charge in [0.15, 0.2) is 16.3 Å². The van der Waals surface area contributed by atoms with Gasteiger partial charge in [0.05, 0.1) is 71.5 Å². The number of alkyl halides is 12. The number of halogens is 12. The maximum absolute atomic E-state index is 14.1. The lowest BCUT2D eigenvalue weighted by Gasteiger charge is -2.18. The lowest BCUT2D eigenvalue weighted by atomic mass is 9.95. The number of benzene rings is 4. The first-order valence-corrected chi connectivity index (χ1v) is 14.3. The molecule has 3 heterocycles. The largest absolute Gasteiger partial charge is 0.417 e. The van der Waals surface area contributed by atoms with E-state index in [-0.39, 0.29) is 35.2 Å². The van der Waals surface area contributed by atoms with Crippen LogP contribution >= 0.6 is 0 Å². The molecule has 7 aromatic rings. The van der Waals surface area contributed by atoms with Gasteiger partial charge in [0, 0.05) is 16.2 Å². The number of aromatic amines is 3. The summed E-state index contributed by atoms with van der Waals surface area (Å²) < 4.78 is 166. The standard InChI is InChI=1S/C33H15F12N3O3/c1-9-3-11-18(4-10(9)2)46-24-21(27(11)49)25-23(29(51)13-6-15(31(37,38)39)16(32(40,41)42)7-19(13)47-25)26-22(24)28(50)12-5-14(30(34,35)36)17(33(43,44)45)8-20(12)48-26/h3-8H,1-2H3,(H,46,49)(H,47,51)(H,48,50). The van der Waals surface area contributed by atoms with Crippen LogP contribution in [0.25, 0.3) is 65.4 Å². The molecule has 0 amide bonds. The normalized spacial score (nSPS) is 13.5. The summed E-state index contributed by atoms with van der Waals surface area (Å²) in [6.07, 6.45) is -22.5. The Morgan fingerprint density at radius 2 is 0.647 bits per heavy atom. The molecule has 0 aliphatic heterocycles. The number of rotatable bonds is 0. The molecule has 0 saturated heterocycles. The molecule has 0 saturated carbocycles. The van der Waals surface area contributed by atoms with Gasteiger partial charge in [0.1, 0.15) is 0 Å². The van der Waals surface area contributed by atoms with Gasteiger partial charge < -0.3 is 15.0 Å². The third kappa shape index (κ3) is 5.01. The van der Waals surface area contributed by atoms with E-state index in [9.17, 15) is 67.1 Å². The molecule has 0 fully saturated rings. The van der Waals surface area contributed by atoms with Crippen LogP contribution in [0.2, 0.25) is 0 Å². The van der Waals surface area contributed by atoms with Gasteiger partial charge in [-0.1, -0.05) is 0 Å². The van der Waals surface area contributed by atoms with E-state index in [1.165, 1.54) is 12.1 Å². The Balaban J connectivity index is 1.82. The lowest BCUT2D eigenvalue weighted by molar-refractivity contribution is -0.161. The zero-order valence-electron chi connectivity index (χ0n) is 25.2. The van der Waals surface area contributed by atoms with Gasteiger partial charge in [-0.05, 0) is 61.4 Å². The molecular weight excluding hydrogens is 714 g/mol. The van der Waals surface area contributed by atoms with Gasteiger partial charge in [0.2, 0.25) is 0 Å². The van der Waals surface area contributed by atoms with Gasteiger partial charge in [0.25, 0.3) is 0 Å². The Morgan fingerprint density at radius 3 is 0.961 bits per heavy atom. The number of hydrogen-bond acceptors (Lipinski definition) is 3. The highest BCUT2D eigenvalue weighted by Crippen LogP contribution is 2.44. The zero-order valence-corrected chi connectivity index (χ0v) is 25.2. The Labute approximate surface area is 272 Å². The van der Waals surface area contributed by atoms with Crippen LogP contribution in [0.5, 0.6) is 0 Å². The molecule has 6 nitrogen and oxygen atoms in total. The van der Waals surface area contributed by atoms with Gasteiger partial charge >= 0.3 is 24.7 Å². The van der Waals surface area contributed by atoms with Crippen LogP contribution in [0.1, 0.15) is 33.4 Å². The maximum atomic E-state index is 14.1. The zero-order chi connectivity index (χ0) is 37.5. The van der Waals surface area contributed by atoms with Gasteiger partial charge in [-0.2, -0.15) is 52.7 Å². The molecule has 0 bridgehead atoms. The summed E-state index contributed by atoms with van der Waals surface area (Å²) in [5.74, 6) is 0. The molecule has 3 aromatic heterocycles. The van der Waals surface area contributed by atoms with E-state index in [0.29, 0.717) is 11.1 Å². The quantitative estimate of drug-likeness (QED) is 0.0825. The van der Waals surface area contributed by atoms with Crippen LogP contribution in [0.3, 0.4) is 0 Å². The number of H-pyrrole nitrogens is 3. The highest BCUT2D eigenvalue weighted by atomic mass is 19.4. The topological polar surface area (TPSA) is 98.6 Å². The van der Waals surface area contributed by atoms with Gasteiger partial charge in [-0.3, -0.25) is 14.4 Å². The van der Waals surface area contributed by atoms with Crippen molar-refractivity contribution in [1.82, 2.24) is 15.0 Å². The minimum absolute atomic E-state index is 0.00911. The fourth-order valence-electron chi connectivity index (χ4n) is 6.44. The minimum Gasteiger partial charge on any atom is -0.354 e. The van der Waals surface area contributed by atoms with Crippen molar-refractivity contribution in [2.24, 2.45) is 0 Å². The highest BCUT2D eigenvalue weighted by molar-refractivity contribution is 6.25. The summed E-state index contributed by atoms with van der Waals surface area (Å²) in [6.45, 7) is 3.26. The average Bonchev–Trinajstić information content (AvgIpc) is 2.99. The predicted molar refractivity (Wildman–Crippen MR) is 163 cm³/mol. The second-order valence-corrected chi connectivity index (χ2v) is 12.0. The number of pyridine rings is 3. The highest BCUT2D eigenvalue weighted by Gasteiger charge is 2.45. The second kappa shape index (κ2) is 10.3. The summed E-state index contributed by atoms with van der Waals surface area (Å²) in [6, 6.07) is 2.68. The molecular formula is C33H15F12N3O3. The minimum atomic E-state index is -5.65. The van der Waals surface area contributed by atoms with Crippen LogP contribution in [0, 0.1) is 13.8 Å². The lowest BCUT2D eigenvalue weighted by Crippen LogP contribution is -2.20. The third-order valence-corrected chi connectivity index (χ3v) is 8.86. The van der Waals surface area contributed by atoms with E-state index in [4.69, 9.17) is 0 Å². The molecule has 7 rings (SSSR count). The SMILES string of the molecule is Cc1cc2[nH]c3c(c(=O)c2cc1C)c1[nH]c2cc(C(F)(F)F)c(C(F)(F)F)cc2c(=O)c1c1[nH]c2cc(C(F)(F)F)c(C(F)(F)F)cc2c(=O)c31. The summed E-state index contributed by atoms with van der Waals surface area (Å²) in [4.78, 5) is 49.8. The molecule has 0 radical (unpaired) electrons. The monoisotopic (exact) mass is 729 g/mol. The van der Waals surface area contributed by atoms with Crippen LogP contribution in [-0.2, 0) is 24.7 Å². The fourth-order valence-corrected chi connectivity index (χ4v) is 6.44. The Morgan fingerprint density at radius 1 is 0.392 bits per heavy atom. The third-order valence-electron chi connectivity index (χ3n) is 8.86. The van der Waals surface area contributed by atoms with E-state index in [1.54, 1.807) is 13.8 Å². The van der Waals surface area contributed by atoms with Crippen molar-refractivity contribution >= 4 is 65.4 Å². The summed E-state index contributed by atoms with van der Waals surface area (Å²) in [5, 5.41) is -4.22. The molecule has 0 atom stereocenters. The van der Waals surface area contributed by atoms with Crippen LogP contribution < -0.4 is 16.3 Å². The average molecular weight is 729 g/mol. The Kier molecular flexibility index (Phi) is 6.82. The second-order valence-electron chi connectivity index (χ2n) is 12.0. The number of aryl methyl sites for hydroxylation is 2. The molecule has 3 N–H and O–H groups in total. The van der Waals surface area contributed by atoms with Gasteiger partial charge in [-0.25, -0.2) is 0 Å². The summed E-state index contributed by atoms with van der Waals surface area (Å²) in [5.41, 5.74) is -15.1.